The normalized spacial score (nSPS) is 28.6. The lowest BCUT2D eigenvalue weighted by Crippen LogP contribution is -2.58. The number of hydrogen-bond donors (Lipinski definition) is 0. The summed E-state index contributed by atoms with van der Waals surface area (Å²) < 4.78 is 28.6. The maximum Gasteiger partial charge on any atom is 0.282 e. The zero-order valence-electron chi connectivity index (χ0n) is 19.0. The molecule has 32 heavy (non-hydrogen) atoms. The highest BCUT2D eigenvalue weighted by atomic mass is 32.2. The first-order valence-corrected chi connectivity index (χ1v) is 13.2. The van der Waals surface area contributed by atoms with E-state index in [2.05, 4.69) is 0 Å². The topological polar surface area (TPSA) is 98.3 Å². The van der Waals surface area contributed by atoms with Gasteiger partial charge in [-0.2, -0.15) is 17.0 Å². The molecule has 3 unspecified atom stereocenters. The summed E-state index contributed by atoms with van der Waals surface area (Å²) >= 11 is 0. The fourth-order valence-corrected chi connectivity index (χ4v) is 7.00. The van der Waals surface area contributed by atoms with Gasteiger partial charge in [0.2, 0.25) is 17.7 Å². The van der Waals surface area contributed by atoms with Crippen LogP contribution in [0.4, 0.5) is 0 Å². The summed E-state index contributed by atoms with van der Waals surface area (Å²) in [6, 6.07) is -0.817. The fraction of sp³-hybridized carbons (Fsp3) is 0.773. The molecule has 0 saturated carbocycles. The second-order valence-corrected chi connectivity index (χ2v) is 11.6. The van der Waals surface area contributed by atoms with Crippen molar-refractivity contribution in [2.75, 3.05) is 39.3 Å². The molecule has 3 amide bonds. The molecule has 3 aliphatic heterocycles. The number of fused-ring (bicyclic) bond motifs is 1. The molecule has 3 atom stereocenters. The van der Waals surface area contributed by atoms with Crippen LogP contribution in [0.15, 0.2) is 12.2 Å². The van der Waals surface area contributed by atoms with Crippen LogP contribution >= 0.6 is 0 Å². The van der Waals surface area contributed by atoms with E-state index in [4.69, 9.17) is 0 Å². The molecule has 3 heterocycles. The molecule has 9 nitrogen and oxygen atoms in total. The molecule has 0 aromatic heterocycles. The number of carbonyl (C=O) groups excluding carboxylic acids is 3. The highest BCUT2D eigenvalue weighted by Crippen LogP contribution is 2.37. The van der Waals surface area contributed by atoms with Gasteiger partial charge in [-0.1, -0.05) is 26.0 Å². The maximum absolute atomic E-state index is 13.5. The molecule has 0 spiro atoms. The largest absolute Gasteiger partial charge is 0.338 e. The van der Waals surface area contributed by atoms with E-state index in [1.807, 2.05) is 26.0 Å². The SMILES string of the molecule is CC(C)CC(C(=O)N1CCN(S(=O)(=O)N2CCCC2)CC1)N1C(=O)C2CC=CCC2C1=O. The van der Waals surface area contributed by atoms with Gasteiger partial charge in [0.25, 0.3) is 10.2 Å². The lowest BCUT2D eigenvalue weighted by atomic mass is 9.85. The average Bonchev–Trinajstić information content (AvgIpc) is 3.41. The molecule has 0 radical (unpaired) electrons. The number of imide groups is 1. The quantitative estimate of drug-likeness (QED) is 0.427. The molecule has 3 saturated heterocycles. The Labute approximate surface area is 190 Å². The molecular weight excluding hydrogens is 432 g/mol. The van der Waals surface area contributed by atoms with E-state index in [1.54, 1.807) is 4.90 Å². The zero-order valence-corrected chi connectivity index (χ0v) is 19.8. The Kier molecular flexibility index (Phi) is 6.74. The third-order valence-electron chi connectivity index (χ3n) is 7.10. The highest BCUT2D eigenvalue weighted by Gasteiger charge is 2.52. The summed E-state index contributed by atoms with van der Waals surface area (Å²) in [5, 5.41) is 0. The van der Waals surface area contributed by atoms with Crippen LogP contribution < -0.4 is 0 Å². The lowest BCUT2D eigenvalue weighted by molar-refractivity contribution is -0.152. The van der Waals surface area contributed by atoms with Crippen molar-refractivity contribution in [3.8, 4) is 0 Å². The molecule has 0 aromatic carbocycles. The summed E-state index contributed by atoms with van der Waals surface area (Å²) in [6.07, 6.45) is 7.14. The summed E-state index contributed by atoms with van der Waals surface area (Å²) in [4.78, 5) is 42.6. The van der Waals surface area contributed by atoms with Crippen molar-refractivity contribution in [3.05, 3.63) is 12.2 Å². The fourth-order valence-electron chi connectivity index (χ4n) is 5.33. The number of piperazine rings is 1. The van der Waals surface area contributed by atoms with Crippen molar-refractivity contribution in [1.82, 2.24) is 18.4 Å². The van der Waals surface area contributed by atoms with Crippen molar-refractivity contribution >= 4 is 27.9 Å². The molecular formula is C22H34N4O5S. The molecule has 0 aromatic rings. The van der Waals surface area contributed by atoms with Gasteiger partial charge in [-0.25, -0.2) is 0 Å². The number of amides is 3. The van der Waals surface area contributed by atoms with Crippen LogP contribution in [0, 0.1) is 17.8 Å². The first-order valence-electron chi connectivity index (χ1n) is 11.8. The second-order valence-electron chi connectivity index (χ2n) is 9.69. The van der Waals surface area contributed by atoms with Crippen molar-refractivity contribution in [2.45, 2.75) is 52.0 Å². The lowest BCUT2D eigenvalue weighted by Gasteiger charge is -2.38. The highest BCUT2D eigenvalue weighted by molar-refractivity contribution is 7.86. The minimum absolute atomic E-state index is 0.127. The predicted octanol–water partition coefficient (Wildman–Crippen LogP) is 0.837. The summed E-state index contributed by atoms with van der Waals surface area (Å²) in [5.74, 6) is -1.32. The number of rotatable bonds is 6. The standard InChI is InChI=1S/C22H34N4O5S/c1-16(2)15-19(26-20(27)17-7-3-4-8-18(17)21(26)28)22(29)23-11-13-25(14-12-23)32(30,31)24-9-5-6-10-24/h3-4,16-19H,5-15H2,1-2H3. The average molecular weight is 467 g/mol. The minimum Gasteiger partial charge on any atom is -0.338 e. The van der Waals surface area contributed by atoms with Gasteiger partial charge in [-0.3, -0.25) is 19.3 Å². The Balaban J connectivity index is 1.46. The molecule has 0 N–H and O–H groups in total. The molecule has 178 valence electrons. The molecule has 4 aliphatic rings. The Morgan fingerprint density at radius 1 is 0.906 bits per heavy atom. The smallest absolute Gasteiger partial charge is 0.282 e. The van der Waals surface area contributed by atoms with Gasteiger partial charge in [0, 0.05) is 39.3 Å². The Morgan fingerprint density at radius 3 is 1.91 bits per heavy atom. The third-order valence-corrected chi connectivity index (χ3v) is 9.14. The van der Waals surface area contributed by atoms with Crippen LogP contribution in [-0.4, -0.2) is 89.9 Å². The number of likely N-dealkylation sites (tertiary alicyclic amines) is 1. The van der Waals surface area contributed by atoms with Gasteiger partial charge in [-0.15, -0.1) is 0 Å². The maximum atomic E-state index is 13.5. The number of nitrogens with zero attached hydrogens (tertiary/aromatic N) is 4. The zero-order chi connectivity index (χ0) is 23.0. The monoisotopic (exact) mass is 466 g/mol. The van der Waals surface area contributed by atoms with Crippen molar-refractivity contribution in [2.24, 2.45) is 17.8 Å². The van der Waals surface area contributed by atoms with Crippen LogP contribution in [0.5, 0.6) is 0 Å². The summed E-state index contributed by atoms with van der Waals surface area (Å²) in [5.41, 5.74) is 0. The van der Waals surface area contributed by atoms with Crippen LogP contribution in [0.25, 0.3) is 0 Å². The summed E-state index contributed by atoms with van der Waals surface area (Å²) in [7, 11) is -3.49. The van der Waals surface area contributed by atoms with Gasteiger partial charge >= 0.3 is 0 Å². The first kappa shape index (κ1) is 23.4. The van der Waals surface area contributed by atoms with E-state index < -0.39 is 16.3 Å². The van der Waals surface area contributed by atoms with Gasteiger partial charge in [-0.05, 0) is 38.0 Å². The van der Waals surface area contributed by atoms with Crippen molar-refractivity contribution in [3.63, 3.8) is 0 Å². The number of carbonyl (C=O) groups is 3. The van der Waals surface area contributed by atoms with Gasteiger partial charge in [0.15, 0.2) is 0 Å². The van der Waals surface area contributed by atoms with Crippen molar-refractivity contribution in [1.29, 1.82) is 0 Å². The Hall–Kier alpha value is -1.78. The molecule has 3 fully saturated rings. The summed E-state index contributed by atoms with van der Waals surface area (Å²) in [6.45, 7) is 6.05. The molecule has 10 heteroatoms. The van der Waals surface area contributed by atoms with Crippen LogP contribution in [0.1, 0.15) is 46.0 Å². The van der Waals surface area contributed by atoms with E-state index >= 15 is 0 Å². The van der Waals surface area contributed by atoms with E-state index in [9.17, 15) is 22.8 Å². The van der Waals surface area contributed by atoms with Gasteiger partial charge in [0.1, 0.15) is 6.04 Å². The van der Waals surface area contributed by atoms with E-state index in [0.717, 1.165) is 12.8 Å². The minimum atomic E-state index is -3.49. The van der Waals surface area contributed by atoms with E-state index in [0.29, 0.717) is 32.4 Å². The molecule has 0 bridgehead atoms. The van der Waals surface area contributed by atoms with Gasteiger partial charge in [0.05, 0.1) is 11.8 Å². The molecule has 1 aliphatic carbocycles. The Bertz CT molecular complexity index is 862. The van der Waals surface area contributed by atoms with Crippen molar-refractivity contribution < 1.29 is 22.8 Å². The van der Waals surface area contributed by atoms with Crippen LogP contribution in [0.2, 0.25) is 0 Å². The Morgan fingerprint density at radius 2 is 1.41 bits per heavy atom. The van der Waals surface area contributed by atoms with E-state index in [1.165, 1.54) is 13.5 Å². The second kappa shape index (κ2) is 9.23. The predicted molar refractivity (Wildman–Crippen MR) is 118 cm³/mol. The molecule has 4 rings (SSSR count). The third kappa shape index (κ3) is 4.24. The number of allylic oxidation sites excluding steroid dienone is 2. The van der Waals surface area contributed by atoms with Crippen LogP contribution in [0.3, 0.4) is 0 Å². The van der Waals surface area contributed by atoms with Crippen LogP contribution in [-0.2, 0) is 24.6 Å². The van der Waals surface area contributed by atoms with Gasteiger partial charge < -0.3 is 4.90 Å². The first-order chi connectivity index (χ1) is 15.2. The number of hydrogen-bond acceptors (Lipinski definition) is 5. The van der Waals surface area contributed by atoms with E-state index in [-0.39, 0.29) is 61.7 Å².